The van der Waals surface area contributed by atoms with Crippen LogP contribution >= 0.6 is 27.5 Å². The molecule has 0 aliphatic carbocycles. The van der Waals surface area contributed by atoms with Gasteiger partial charge in [-0.2, -0.15) is 0 Å². The van der Waals surface area contributed by atoms with Gasteiger partial charge in [-0.05, 0) is 48.5 Å². The van der Waals surface area contributed by atoms with E-state index >= 15 is 0 Å². The van der Waals surface area contributed by atoms with Crippen molar-refractivity contribution in [1.82, 2.24) is 4.98 Å². The second-order valence-electron chi connectivity index (χ2n) is 6.73. The van der Waals surface area contributed by atoms with Gasteiger partial charge in [-0.25, -0.2) is 8.42 Å². The maximum Gasteiger partial charge on any atom is 0.270 e. The van der Waals surface area contributed by atoms with Crippen molar-refractivity contribution in [1.29, 1.82) is 0 Å². The third kappa shape index (κ3) is 4.82. The van der Waals surface area contributed by atoms with Crippen molar-refractivity contribution < 1.29 is 18.4 Å². The molecule has 0 saturated heterocycles. The molecule has 33 heavy (non-hydrogen) atoms. The van der Waals surface area contributed by atoms with Gasteiger partial charge in [0, 0.05) is 32.7 Å². The van der Waals surface area contributed by atoms with Crippen molar-refractivity contribution in [2.75, 3.05) is 4.72 Å². The molecule has 0 atom stereocenters. The van der Waals surface area contributed by atoms with Crippen LogP contribution < -0.4 is 4.72 Å². The predicted octanol–water partition coefficient (Wildman–Crippen LogP) is 6.41. The second-order valence-corrected chi connectivity index (χ2v) is 9.74. The number of hydrogen-bond acceptors (Lipinski definition) is 7. The Morgan fingerprint density at radius 2 is 1.79 bits per heavy atom. The van der Waals surface area contributed by atoms with Crippen LogP contribution in [0.2, 0.25) is 5.02 Å². The summed E-state index contributed by atoms with van der Waals surface area (Å²) in [4.78, 5) is 12.8. The van der Waals surface area contributed by atoms with E-state index in [0.717, 1.165) is 16.6 Å². The van der Waals surface area contributed by atoms with Crippen LogP contribution in [0.25, 0.3) is 10.9 Å². The van der Waals surface area contributed by atoms with Gasteiger partial charge in [0.1, 0.15) is 10.6 Å². The fourth-order valence-electron chi connectivity index (χ4n) is 2.98. The molecular weight excluding hydrogens is 538 g/mol. The van der Waals surface area contributed by atoms with E-state index < -0.39 is 25.5 Å². The minimum atomic E-state index is -4.29. The minimum Gasteiger partial charge on any atom is -0.493 e. The zero-order chi connectivity index (χ0) is 23.8. The molecule has 3 aromatic carbocycles. The number of H-pyrrole nitrogens is 1. The van der Waals surface area contributed by atoms with Gasteiger partial charge >= 0.3 is 0 Å². The maximum atomic E-state index is 13.0. The first-order valence-electron chi connectivity index (χ1n) is 9.13. The number of nitro groups is 1. The van der Waals surface area contributed by atoms with E-state index in [2.05, 4.69) is 35.9 Å². The second kappa shape index (κ2) is 8.81. The molecule has 168 valence electrons. The van der Waals surface area contributed by atoms with Gasteiger partial charge in [-0.15, -0.1) is 10.2 Å². The summed E-state index contributed by atoms with van der Waals surface area (Å²) in [5.41, 5.74) is 0.271. The summed E-state index contributed by atoms with van der Waals surface area (Å²) in [7, 11) is -4.29. The number of benzene rings is 3. The van der Waals surface area contributed by atoms with Crippen molar-refractivity contribution in [2.24, 2.45) is 10.2 Å². The molecule has 0 bridgehead atoms. The van der Waals surface area contributed by atoms with Gasteiger partial charge in [0.05, 0.1) is 10.4 Å². The van der Waals surface area contributed by atoms with Crippen LogP contribution in [0.1, 0.15) is 0 Å². The number of nitrogens with zero attached hydrogens (tertiary/aromatic N) is 3. The number of nitro benzene ring substituents is 1. The van der Waals surface area contributed by atoms with Gasteiger partial charge < -0.3 is 10.1 Å². The number of halogens is 2. The molecular formula is C20H13BrClN5O5S. The number of anilines is 1. The van der Waals surface area contributed by atoms with Crippen LogP contribution in [0.15, 0.2) is 80.3 Å². The molecule has 0 amide bonds. The van der Waals surface area contributed by atoms with E-state index in [0.29, 0.717) is 15.9 Å². The predicted molar refractivity (Wildman–Crippen MR) is 127 cm³/mol. The Kier molecular flexibility index (Phi) is 6.06. The smallest absolute Gasteiger partial charge is 0.270 e. The highest BCUT2D eigenvalue weighted by atomic mass is 79.9. The Hall–Kier alpha value is -3.48. The summed E-state index contributed by atoms with van der Waals surface area (Å²) in [5, 5.41) is 30.4. The fourth-order valence-corrected chi connectivity index (χ4v) is 4.69. The van der Waals surface area contributed by atoms with E-state index in [1.807, 2.05) is 0 Å². The number of aromatic hydroxyl groups is 1. The number of sulfonamides is 1. The summed E-state index contributed by atoms with van der Waals surface area (Å²) in [6.45, 7) is 0. The Labute approximate surface area is 200 Å². The minimum absolute atomic E-state index is 0.0821. The number of fused-ring (bicyclic) bond motifs is 1. The SMILES string of the molecule is O=[N+]([O-])c1ccc(N=Nc2c(O)[nH]c3ccc(Br)cc23)c(S(=O)(=O)Nc2ccc(Cl)cc2)c1. The molecule has 0 fully saturated rings. The number of hydrogen-bond donors (Lipinski definition) is 3. The number of rotatable bonds is 6. The summed E-state index contributed by atoms with van der Waals surface area (Å²) in [5.74, 6) is -0.266. The van der Waals surface area contributed by atoms with Crippen LogP contribution in [0.5, 0.6) is 5.88 Å². The summed E-state index contributed by atoms with van der Waals surface area (Å²) < 4.78 is 29.1. The van der Waals surface area contributed by atoms with Crippen molar-refractivity contribution in [2.45, 2.75) is 4.90 Å². The van der Waals surface area contributed by atoms with Crippen molar-refractivity contribution in [3.8, 4) is 5.88 Å². The molecule has 1 heterocycles. The van der Waals surface area contributed by atoms with Gasteiger partial charge in [0.15, 0.2) is 5.69 Å². The topological polar surface area (TPSA) is 150 Å². The molecule has 0 radical (unpaired) electrons. The Morgan fingerprint density at radius 1 is 1.06 bits per heavy atom. The largest absolute Gasteiger partial charge is 0.493 e. The number of aromatic nitrogens is 1. The highest BCUT2D eigenvalue weighted by Gasteiger charge is 2.23. The maximum absolute atomic E-state index is 13.0. The van der Waals surface area contributed by atoms with E-state index in [4.69, 9.17) is 11.6 Å². The van der Waals surface area contributed by atoms with Crippen LogP contribution in [-0.2, 0) is 10.0 Å². The lowest BCUT2D eigenvalue weighted by Crippen LogP contribution is -2.13. The van der Waals surface area contributed by atoms with Crippen molar-refractivity contribution in [3.05, 3.63) is 80.3 Å². The average molecular weight is 551 g/mol. The van der Waals surface area contributed by atoms with Gasteiger partial charge in [-0.1, -0.05) is 27.5 Å². The molecule has 0 aliphatic heterocycles. The zero-order valence-corrected chi connectivity index (χ0v) is 19.5. The first-order chi connectivity index (χ1) is 15.6. The molecule has 0 unspecified atom stereocenters. The summed E-state index contributed by atoms with van der Waals surface area (Å²) in [6.07, 6.45) is 0. The van der Waals surface area contributed by atoms with Crippen molar-refractivity contribution in [3.63, 3.8) is 0 Å². The molecule has 10 nitrogen and oxygen atoms in total. The first kappa shape index (κ1) is 22.7. The quantitative estimate of drug-likeness (QED) is 0.144. The van der Waals surface area contributed by atoms with Gasteiger partial charge in [-0.3, -0.25) is 14.8 Å². The van der Waals surface area contributed by atoms with E-state index in [-0.39, 0.29) is 22.9 Å². The third-order valence-corrected chi connectivity index (χ3v) is 6.67. The summed E-state index contributed by atoms with van der Waals surface area (Å²) >= 11 is 9.17. The van der Waals surface area contributed by atoms with Gasteiger partial charge in [0.25, 0.3) is 15.7 Å². The average Bonchev–Trinajstić information content (AvgIpc) is 3.07. The van der Waals surface area contributed by atoms with Crippen LogP contribution in [0, 0.1) is 10.1 Å². The first-order valence-corrected chi connectivity index (χ1v) is 11.8. The lowest BCUT2D eigenvalue weighted by Gasteiger charge is -2.10. The molecule has 0 aliphatic rings. The summed E-state index contributed by atoms with van der Waals surface area (Å²) in [6, 6.07) is 14.2. The van der Waals surface area contributed by atoms with Crippen LogP contribution in [-0.4, -0.2) is 23.4 Å². The molecule has 0 spiro atoms. The number of azo groups is 1. The number of aromatic amines is 1. The zero-order valence-electron chi connectivity index (χ0n) is 16.4. The van der Waals surface area contributed by atoms with Crippen molar-refractivity contribution >= 4 is 71.2 Å². The monoisotopic (exact) mass is 549 g/mol. The fraction of sp³-hybridized carbons (Fsp3) is 0. The molecule has 1 aromatic heterocycles. The van der Waals surface area contributed by atoms with Crippen LogP contribution in [0.3, 0.4) is 0 Å². The molecule has 0 saturated carbocycles. The molecule has 3 N–H and O–H groups in total. The highest BCUT2D eigenvalue weighted by molar-refractivity contribution is 9.10. The highest BCUT2D eigenvalue weighted by Crippen LogP contribution is 2.39. The Bertz CT molecular complexity index is 1520. The van der Waals surface area contributed by atoms with E-state index in [9.17, 15) is 23.6 Å². The third-order valence-electron chi connectivity index (χ3n) is 4.51. The molecule has 4 rings (SSSR count). The number of nitrogens with one attached hydrogen (secondary N) is 2. The van der Waals surface area contributed by atoms with E-state index in [1.54, 1.807) is 18.2 Å². The normalized spacial score (nSPS) is 11.8. The Balaban J connectivity index is 1.79. The molecule has 4 aromatic rings. The lowest BCUT2D eigenvalue weighted by molar-refractivity contribution is -0.385. The molecule has 13 heteroatoms. The van der Waals surface area contributed by atoms with Crippen LogP contribution in [0.4, 0.5) is 22.7 Å². The van der Waals surface area contributed by atoms with E-state index in [1.165, 1.54) is 30.3 Å². The number of non-ortho nitro benzene ring substituents is 1. The van der Waals surface area contributed by atoms with Gasteiger partial charge in [0.2, 0.25) is 5.88 Å². The lowest BCUT2D eigenvalue weighted by atomic mass is 10.2. The Morgan fingerprint density at radius 3 is 2.48 bits per heavy atom. The standard InChI is InChI=1S/C20H13BrClN5O5S/c21-11-1-7-16-15(9-11)19(20(28)23-16)25-24-17-8-6-14(27(29)30)10-18(17)33(31,32)26-13-4-2-12(22)3-5-13/h1-10,23,26,28H.